The third-order valence-electron chi connectivity index (χ3n) is 7.54. The molecule has 0 spiro atoms. The van der Waals surface area contributed by atoms with Gasteiger partial charge >= 0.3 is 10.1 Å². The minimum absolute atomic E-state index is 0.0150. The molecule has 3 aliphatic carbocycles. The van der Waals surface area contributed by atoms with Crippen LogP contribution in [0, 0.1) is 17.8 Å². The normalized spacial score (nSPS) is 34.3. The van der Waals surface area contributed by atoms with E-state index in [1.54, 1.807) is 25.1 Å². The Kier molecular flexibility index (Phi) is 5.09. The first-order valence-corrected chi connectivity index (χ1v) is 13.1. The molecular formula is C26H25BrO6S. The minimum atomic E-state index is -4.19. The van der Waals surface area contributed by atoms with E-state index in [1.165, 1.54) is 12.1 Å². The third-order valence-corrected chi connectivity index (χ3v) is 10.3. The second kappa shape index (κ2) is 7.37. The van der Waals surface area contributed by atoms with Crippen molar-refractivity contribution in [3.8, 4) is 0 Å². The Bertz CT molecular complexity index is 1340. The number of carbonyl (C=O) groups is 1. The average molecular weight is 545 g/mol. The van der Waals surface area contributed by atoms with Crippen LogP contribution in [0.2, 0.25) is 0 Å². The average Bonchev–Trinajstić information content (AvgIpc) is 2.80. The molecule has 2 heterocycles. The van der Waals surface area contributed by atoms with Gasteiger partial charge in [0, 0.05) is 5.41 Å². The van der Waals surface area contributed by atoms with Crippen molar-refractivity contribution in [2.75, 3.05) is 6.61 Å². The molecule has 4 bridgehead atoms. The molecule has 0 N–H and O–H groups in total. The molecule has 0 amide bonds. The molecule has 0 unspecified atom stereocenters. The fraction of sp³-hybridized carbons (Fsp3) is 0.346. The highest BCUT2D eigenvalue weighted by Gasteiger charge is 2.82. The van der Waals surface area contributed by atoms with Crippen molar-refractivity contribution in [1.82, 2.24) is 0 Å². The standard InChI is InChI=1S/C26H25BrO6S/c1-17-10-12-20(13-11-17)34(29,30)33-21-14-25(27)22(28)26(31-15-19-8-6-5-7-9-19)24(21,4)18(2)23(25,3)16-32-26/h5-14H,2,15-16H2,1,3-4H3/t23-,24+,25+,26-/m1/s1. The Labute approximate surface area is 207 Å². The van der Waals surface area contributed by atoms with Gasteiger partial charge < -0.3 is 13.7 Å². The van der Waals surface area contributed by atoms with Gasteiger partial charge in [-0.25, -0.2) is 0 Å². The number of carbonyl (C=O) groups excluding carboxylic acids is 1. The largest absolute Gasteiger partial charge is 0.383 e. The number of halogens is 1. The molecule has 178 valence electrons. The van der Waals surface area contributed by atoms with Crippen LogP contribution in [0.1, 0.15) is 25.0 Å². The molecule has 3 fully saturated rings. The Hall–Kier alpha value is -2.26. The van der Waals surface area contributed by atoms with E-state index in [9.17, 15) is 13.2 Å². The van der Waals surface area contributed by atoms with Crippen molar-refractivity contribution in [2.24, 2.45) is 10.8 Å². The molecule has 2 aromatic rings. The summed E-state index contributed by atoms with van der Waals surface area (Å²) in [5.74, 6) is -2.08. The lowest BCUT2D eigenvalue weighted by Gasteiger charge is -2.68. The maximum absolute atomic E-state index is 13.9. The molecule has 2 aliphatic heterocycles. The van der Waals surface area contributed by atoms with Crippen molar-refractivity contribution in [1.29, 1.82) is 0 Å². The number of ether oxygens (including phenoxy) is 2. The summed E-state index contributed by atoms with van der Waals surface area (Å²) >= 11 is 3.63. The summed E-state index contributed by atoms with van der Waals surface area (Å²) in [6, 6.07) is 15.8. The molecular weight excluding hydrogens is 520 g/mol. The molecule has 4 atom stereocenters. The second-order valence-electron chi connectivity index (χ2n) is 9.52. The summed E-state index contributed by atoms with van der Waals surface area (Å²) in [6.07, 6.45) is 1.56. The Morgan fingerprint density at radius 2 is 1.74 bits per heavy atom. The van der Waals surface area contributed by atoms with Crippen molar-refractivity contribution < 1.29 is 26.9 Å². The van der Waals surface area contributed by atoms with Gasteiger partial charge in [0.1, 0.15) is 20.4 Å². The number of Topliss-reactive ketones (excluding diaryl/α,β-unsaturated/α-hetero) is 1. The highest BCUT2D eigenvalue weighted by molar-refractivity contribution is 9.10. The van der Waals surface area contributed by atoms with Gasteiger partial charge in [0.05, 0.1) is 13.2 Å². The smallest absolute Gasteiger partial charge is 0.338 e. The first-order valence-electron chi connectivity index (χ1n) is 10.9. The van der Waals surface area contributed by atoms with Gasteiger partial charge in [0.25, 0.3) is 0 Å². The Morgan fingerprint density at radius 1 is 1.09 bits per heavy atom. The van der Waals surface area contributed by atoms with Crippen LogP contribution in [-0.2, 0) is 35.2 Å². The molecule has 8 heteroatoms. The van der Waals surface area contributed by atoms with Crippen LogP contribution in [-0.4, -0.2) is 30.9 Å². The first-order chi connectivity index (χ1) is 15.9. The predicted molar refractivity (Wildman–Crippen MR) is 129 cm³/mol. The summed E-state index contributed by atoms with van der Waals surface area (Å²) in [5.41, 5.74) is 0.218. The van der Waals surface area contributed by atoms with Crippen molar-refractivity contribution >= 4 is 31.8 Å². The van der Waals surface area contributed by atoms with Crippen LogP contribution in [0.5, 0.6) is 0 Å². The zero-order valence-corrected chi connectivity index (χ0v) is 21.5. The van der Waals surface area contributed by atoms with Crippen molar-refractivity contribution in [3.63, 3.8) is 0 Å². The monoisotopic (exact) mass is 544 g/mol. The molecule has 1 saturated carbocycles. The highest BCUT2D eigenvalue weighted by atomic mass is 79.9. The first kappa shape index (κ1) is 23.5. The molecule has 2 saturated heterocycles. The van der Waals surface area contributed by atoms with Crippen molar-refractivity contribution in [2.45, 2.75) is 42.4 Å². The summed E-state index contributed by atoms with van der Waals surface area (Å²) in [6.45, 7) is 10.0. The van der Waals surface area contributed by atoms with E-state index in [1.807, 2.05) is 44.2 Å². The van der Waals surface area contributed by atoms with Gasteiger partial charge in [-0.05, 0) is 43.2 Å². The number of benzene rings is 2. The number of ketones is 1. The maximum atomic E-state index is 13.9. The second-order valence-corrected chi connectivity index (χ2v) is 12.3. The van der Waals surface area contributed by atoms with E-state index in [4.69, 9.17) is 13.7 Å². The summed E-state index contributed by atoms with van der Waals surface area (Å²) in [4.78, 5) is 13.9. The lowest BCUT2D eigenvalue weighted by atomic mass is 9.46. The van der Waals surface area contributed by atoms with Crippen LogP contribution in [0.4, 0.5) is 0 Å². The van der Waals surface area contributed by atoms with Crippen LogP contribution in [0.25, 0.3) is 0 Å². The Balaban J connectivity index is 1.61. The number of aryl methyl sites for hydroxylation is 1. The Morgan fingerprint density at radius 3 is 2.38 bits per heavy atom. The van der Waals surface area contributed by atoms with E-state index < -0.39 is 31.1 Å². The minimum Gasteiger partial charge on any atom is -0.383 e. The summed E-state index contributed by atoms with van der Waals surface area (Å²) in [5, 5.41) is 0. The third kappa shape index (κ3) is 2.86. The number of rotatable bonds is 6. The van der Waals surface area contributed by atoms with E-state index in [2.05, 4.69) is 22.5 Å². The van der Waals surface area contributed by atoms with Crippen LogP contribution in [0.15, 0.2) is 83.5 Å². The molecule has 2 aromatic carbocycles. The molecule has 6 nitrogen and oxygen atoms in total. The molecule has 0 radical (unpaired) electrons. The van der Waals surface area contributed by atoms with E-state index in [-0.39, 0.29) is 29.7 Å². The number of hydrogen-bond acceptors (Lipinski definition) is 6. The van der Waals surface area contributed by atoms with Crippen LogP contribution < -0.4 is 0 Å². The van der Waals surface area contributed by atoms with E-state index >= 15 is 0 Å². The number of hydrogen-bond donors (Lipinski definition) is 0. The number of fused-ring (bicyclic) bond motifs is 1. The predicted octanol–water partition coefficient (Wildman–Crippen LogP) is 4.83. The highest BCUT2D eigenvalue weighted by Crippen LogP contribution is 2.72. The van der Waals surface area contributed by atoms with E-state index in [0.29, 0.717) is 5.57 Å². The quantitative estimate of drug-likeness (QED) is 0.294. The van der Waals surface area contributed by atoms with Gasteiger partial charge in [-0.15, -0.1) is 0 Å². The van der Waals surface area contributed by atoms with Gasteiger partial charge in [0.15, 0.2) is 0 Å². The topological polar surface area (TPSA) is 78.9 Å². The van der Waals surface area contributed by atoms with Gasteiger partial charge in [-0.1, -0.05) is 77.5 Å². The van der Waals surface area contributed by atoms with Crippen LogP contribution in [0.3, 0.4) is 0 Å². The lowest BCUT2D eigenvalue weighted by molar-refractivity contribution is -0.319. The SMILES string of the molecule is C=C1[C@@]2(C)C(OS(=O)(=O)c3ccc(C)cc3)=C[C@]3(Br)C(=O)[C@@]2(OCc2ccccc2)OC[C@]13C. The molecule has 7 rings (SSSR count). The van der Waals surface area contributed by atoms with E-state index in [0.717, 1.165) is 11.1 Å². The van der Waals surface area contributed by atoms with Gasteiger partial charge in [0.2, 0.25) is 11.6 Å². The van der Waals surface area contributed by atoms with Crippen LogP contribution >= 0.6 is 15.9 Å². The zero-order valence-electron chi connectivity index (χ0n) is 19.1. The maximum Gasteiger partial charge on any atom is 0.338 e. The fourth-order valence-corrected chi connectivity index (χ4v) is 7.02. The van der Waals surface area contributed by atoms with Crippen molar-refractivity contribution in [3.05, 3.63) is 89.7 Å². The molecule has 5 aliphatic rings. The molecule has 0 aromatic heterocycles. The number of allylic oxidation sites excluding steroid dienone is 1. The molecule has 34 heavy (non-hydrogen) atoms. The number of alkyl halides is 1. The lowest BCUT2D eigenvalue weighted by Crippen LogP contribution is -2.80. The summed E-state index contributed by atoms with van der Waals surface area (Å²) < 4.78 is 43.3. The summed E-state index contributed by atoms with van der Waals surface area (Å²) in [7, 11) is -4.19. The van der Waals surface area contributed by atoms with Gasteiger partial charge in [-0.2, -0.15) is 8.42 Å². The zero-order chi connectivity index (χ0) is 24.6. The fourth-order valence-electron chi connectivity index (χ4n) is 5.19. The van der Waals surface area contributed by atoms with Gasteiger partial charge in [-0.3, -0.25) is 4.79 Å².